The van der Waals surface area contributed by atoms with Crippen molar-refractivity contribution in [2.24, 2.45) is 0 Å². The van der Waals surface area contributed by atoms with E-state index in [4.69, 9.17) is 16.3 Å². The number of ether oxygens (including phenoxy) is 1. The van der Waals surface area contributed by atoms with Gasteiger partial charge in [-0.05, 0) is 60.5 Å². The SMILES string of the molecule is CC[C@H](C(=O)NC)N(Cc1ccccc1)C(=O)CN(c1ccc(Cl)cc1)S(=O)(=O)c1ccc(OC)cc1. The molecule has 37 heavy (non-hydrogen) atoms. The maximum atomic E-state index is 13.8. The van der Waals surface area contributed by atoms with Crippen LogP contribution in [-0.4, -0.2) is 51.9 Å². The molecule has 0 unspecified atom stereocenters. The average molecular weight is 544 g/mol. The molecule has 0 radical (unpaired) electrons. The fourth-order valence-electron chi connectivity index (χ4n) is 3.88. The number of anilines is 1. The third-order valence-corrected chi connectivity index (χ3v) is 7.91. The van der Waals surface area contributed by atoms with Crippen molar-refractivity contribution in [3.05, 3.63) is 89.4 Å². The van der Waals surface area contributed by atoms with Gasteiger partial charge in [-0.3, -0.25) is 13.9 Å². The Hall–Kier alpha value is -3.56. The van der Waals surface area contributed by atoms with E-state index in [0.29, 0.717) is 17.2 Å². The number of benzene rings is 3. The van der Waals surface area contributed by atoms with Crippen molar-refractivity contribution >= 4 is 39.1 Å². The van der Waals surface area contributed by atoms with E-state index in [2.05, 4.69) is 5.32 Å². The average Bonchev–Trinajstić information content (AvgIpc) is 2.92. The van der Waals surface area contributed by atoms with Crippen molar-refractivity contribution in [1.82, 2.24) is 10.2 Å². The van der Waals surface area contributed by atoms with Crippen molar-refractivity contribution in [2.45, 2.75) is 30.8 Å². The van der Waals surface area contributed by atoms with E-state index in [1.807, 2.05) is 30.3 Å². The van der Waals surface area contributed by atoms with E-state index in [0.717, 1.165) is 9.87 Å². The summed E-state index contributed by atoms with van der Waals surface area (Å²) in [4.78, 5) is 27.9. The molecule has 3 rings (SSSR count). The molecule has 0 spiro atoms. The molecule has 0 aliphatic carbocycles. The molecule has 1 N–H and O–H groups in total. The largest absolute Gasteiger partial charge is 0.497 e. The molecule has 3 aromatic carbocycles. The van der Waals surface area contributed by atoms with Crippen LogP contribution in [0.3, 0.4) is 0 Å². The Morgan fingerprint density at radius 1 is 0.973 bits per heavy atom. The third kappa shape index (κ3) is 6.81. The van der Waals surface area contributed by atoms with Gasteiger partial charge in [-0.2, -0.15) is 0 Å². The number of methoxy groups -OCH3 is 1. The molecule has 0 aromatic heterocycles. The van der Waals surface area contributed by atoms with Crippen molar-refractivity contribution in [2.75, 3.05) is 25.0 Å². The number of hydrogen-bond donors (Lipinski definition) is 1. The molecule has 0 bridgehead atoms. The second-order valence-corrected chi connectivity index (χ2v) is 10.5. The summed E-state index contributed by atoms with van der Waals surface area (Å²) in [7, 11) is -1.17. The lowest BCUT2D eigenvalue weighted by Gasteiger charge is -2.33. The van der Waals surface area contributed by atoms with Crippen LogP contribution in [0.25, 0.3) is 0 Å². The fraction of sp³-hybridized carbons (Fsp3) is 0.259. The van der Waals surface area contributed by atoms with Gasteiger partial charge >= 0.3 is 0 Å². The van der Waals surface area contributed by atoms with Gasteiger partial charge in [0.1, 0.15) is 18.3 Å². The first-order chi connectivity index (χ1) is 17.7. The summed E-state index contributed by atoms with van der Waals surface area (Å²) in [5, 5.41) is 3.03. The molecule has 0 aliphatic heterocycles. The maximum absolute atomic E-state index is 13.8. The van der Waals surface area contributed by atoms with E-state index < -0.39 is 28.5 Å². The number of carbonyl (C=O) groups is 2. The predicted octanol–water partition coefficient (Wildman–Crippen LogP) is 4.10. The summed E-state index contributed by atoms with van der Waals surface area (Å²) in [5.74, 6) is -0.354. The van der Waals surface area contributed by atoms with Crippen LogP contribution in [0.2, 0.25) is 5.02 Å². The fourth-order valence-corrected chi connectivity index (χ4v) is 5.42. The monoisotopic (exact) mass is 543 g/mol. The molecule has 1 atom stereocenters. The van der Waals surface area contributed by atoms with Gasteiger partial charge < -0.3 is 15.0 Å². The molecule has 3 aromatic rings. The minimum Gasteiger partial charge on any atom is -0.497 e. The molecule has 0 aliphatic rings. The molecular formula is C27H30ClN3O5S. The lowest BCUT2D eigenvalue weighted by Crippen LogP contribution is -2.51. The number of carbonyl (C=O) groups excluding carboxylic acids is 2. The standard InChI is InChI=1S/C27H30ClN3O5S/c1-4-25(27(33)29-2)30(18-20-8-6-5-7-9-20)26(32)19-31(22-12-10-21(28)11-13-22)37(34,35)24-16-14-23(36-3)15-17-24/h5-17,25H,4,18-19H2,1-3H3,(H,29,33)/t25-/m1/s1. The first kappa shape index (κ1) is 28.0. The number of likely N-dealkylation sites (N-methyl/N-ethyl adjacent to an activating group) is 1. The van der Waals surface area contributed by atoms with Crippen LogP contribution >= 0.6 is 11.6 Å². The van der Waals surface area contributed by atoms with E-state index in [1.54, 1.807) is 19.1 Å². The van der Waals surface area contributed by atoms with Gasteiger partial charge in [0.05, 0.1) is 17.7 Å². The van der Waals surface area contributed by atoms with E-state index in [-0.39, 0.29) is 23.0 Å². The molecule has 8 nitrogen and oxygen atoms in total. The molecular weight excluding hydrogens is 514 g/mol. The summed E-state index contributed by atoms with van der Waals surface area (Å²) in [6.45, 7) is 1.43. The van der Waals surface area contributed by atoms with Crippen molar-refractivity contribution in [3.8, 4) is 5.75 Å². The first-order valence-electron chi connectivity index (χ1n) is 11.7. The van der Waals surface area contributed by atoms with Crippen LogP contribution < -0.4 is 14.4 Å². The van der Waals surface area contributed by atoms with Gasteiger partial charge in [-0.15, -0.1) is 0 Å². The minimum atomic E-state index is -4.16. The topological polar surface area (TPSA) is 96.0 Å². The molecule has 196 valence electrons. The number of sulfonamides is 1. The zero-order valence-corrected chi connectivity index (χ0v) is 22.5. The number of nitrogens with zero attached hydrogens (tertiary/aromatic N) is 2. The zero-order valence-electron chi connectivity index (χ0n) is 20.9. The van der Waals surface area contributed by atoms with Crippen molar-refractivity contribution in [1.29, 1.82) is 0 Å². The Balaban J connectivity index is 2.04. The highest BCUT2D eigenvalue weighted by molar-refractivity contribution is 7.92. The lowest BCUT2D eigenvalue weighted by molar-refractivity contribution is -0.140. The van der Waals surface area contributed by atoms with Crippen LogP contribution in [-0.2, 0) is 26.2 Å². The summed E-state index contributed by atoms with van der Waals surface area (Å²) in [6.07, 6.45) is 0.352. The maximum Gasteiger partial charge on any atom is 0.264 e. The Labute approximate surface area is 222 Å². The molecule has 10 heteroatoms. The predicted molar refractivity (Wildman–Crippen MR) is 144 cm³/mol. The van der Waals surface area contributed by atoms with Crippen LogP contribution in [0.15, 0.2) is 83.8 Å². The third-order valence-electron chi connectivity index (χ3n) is 5.87. The van der Waals surface area contributed by atoms with Crippen LogP contribution in [0.4, 0.5) is 5.69 Å². The number of halogens is 1. The zero-order chi connectivity index (χ0) is 27.0. The summed E-state index contributed by atoms with van der Waals surface area (Å²) in [6, 6.07) is 20.5. The summed E-state index contributed by atoms with van der Waals surface area (Å²) >= 11 is 6.04. The van der Waals surface area contributed by atoms with E-state index in [1.165, 1.54) is 55.5 Å². The normalized spacial score (nSPS) is 11.9. The highest BCUT2D eigenvalue weighted by Gasteiger charge is 2.33. The van der Waals surface area contributed by atoms with Gasteiger partial charge in [0.25, 0.3) is 10.0 Å². The van der Waals surface area contributed by atoms with Gasteiger partial charge in [0.15, 0.2) is 0 Å². The molecule has 0 heterocycles. The summed E-state index contributed by atoms with van der Waals surface area (Å²) < 4.78 is 33.7. The van der Waals surface area contributed by atoms with Crippen LogP contribution in [0.5, 0.6) is 5.75 Å². The number of nitrogens with one attached hydrogen (secondary N) is 1. The highest BCUT2D eigenvalue weighted by atomic mass is 35.5. The minimum absolute atomic E-state index is 0.0102. The van der Waals surface area contributed by atoms with Gasteiger partial charge in [-0.25, -0.2) is 8.42 Å². The number of rotatable bonds is 11. The van der Waals surface area contributed by atoms with Gasteiger partial charge in [0.2, 0.25) is 11.8 Å². The number of amides is 2. The molecule has 0 saturated heterocycles. The highest BCUT2D eigenvalue weighted by Crippen LogP contribution is 2.27. The number of hydrogen-bond acceptors (Lipinski definition) is 5. The van der Waals surface area contributed by atoms with E-state index >= 15 is 0 Å². The molecule has 0 fully saturated rings. The van der Waals surface area contributed by atoms with Crippen LogP contribution in [0, 0.1) is 0 Å². The van der Waals surface area contributed by atoms with Gasteiger partial charge in [-0.1, -0.05) is 48.9 Å². The lowest BCUT2D eigenvalue weighted by atomic mass is 10.1. The van der Waals surface area contributed by atoms with E-state index in [9.17, 15) is 18.0 Å². The molecule has 0 saturated carbocycles. The Morgan fingerprint density at radius 2 is 1.59 bits per heavy atom. The van der Waals surface area contributed by atoms with Crippen molar-refractivity contribution < 1.29 is 22.7 Å². The Morgan fingerprint density at radius 3 is 2.14 bits per heavy atom. The van der Waals surface area contributed by atoms with Gasteiger partial charge in [0, 0.05) is 18.6 Å². The smallest absolute Gasteiger partial charge is 0.264 e. The first-order valence-corrected chi connectivity index (χ1v) is 13.5. The quantitative estimate of drug-likeness (QED) is 0.393. The van der Waals surface area contributed by atoms with Crippen molar-refractivity contribution in [3.63, 3.8) is 0 Å². The van der Waals surface area contributed by atoms with Crippen LogP contribution in [0.1, 0.15) is 18.9 Å². The second-order valence-electron chi connectivity index (χ2n) is 8.21. The Bertz CT molecular complexity index is 1300. The molecule has 2 amide bonds. The summed E-state index contributed by atoms with van der Waals surface area (Å²) in [5.41, 5.74) is 1.08. The Kier molecular flexibility index (Phi) is 9.54. The second kappa shape index (κ2) is 12.6.